The zero-order valence-corrected chi connectivity index (χ0v) is 12.1. The number of sulfonamides is 1. The number of rotatable bonds is 2. The summed E-state index contributed by atoms with van der Waals surface area (Å²) in [5, 5.41) is 10.2. The molecular weight excluding hydrogens is 266 g/mol. The molecule has 1 aliphatic heterocycles. The van der Waals surface area contributed by atoms with Crippen molar-refractivity contribution in [1.29, 1.82) is 0 Å². The molecule has 1 heterocycles. The van der Waals surface area contributed by atoms with Crippen LogP contribution in [0.1, 0.15) is 24.2 Å². The summed E-state index contributed by atoms with van der Waals surface area (Å²) in [5.74, 6) is 0.714. The van der Waals surface area contributed by atoms with Crippen LogP contribution < -0.4 is 4.74 Å². The normalized spacial score (nSPS) is 24.6. The van der Waals surface area contributed by atoms with Crippen LogP contribution in [0.4, 0.5) is 0 Å². The van der Waals surface area contributed by atoms with Gasteiger partial charge in [-0.3, -0.25) is 0 Å². The Bertz CT molecular complexity index is 570. The summed E-state index contributed by atoms with van der Waals surface area (Å²) in [5.41, 5.74) is 1.71. The van der Waals surface area contributed by atoms with Crippen molar-refractivity contribution < 1.29 is 18.3 Å². The highest BCUT2D eigenvalue weighted by atomic mass is 32.2. The van der Waals surface area contributed by atoms with Gasteiger partial charge in [0.2, 0.25) is 10.0 Å². The maximum Gasteiger partial charge on any atom is 0.211 e. The first-order valence-corrected chi connectivity index (χ1v) is 7.99. The van der Waals surface area contributed by atoms with E-state index in [2.05, 4.69) is 0 Å². The van der Waals surface area contributed by atoms with Crippen LogP contribution in [-0.2, 0) is 16.4 Å². The van der Waals surface area contributed by atoms with Crippen molar-refractivity contribution in [2.24, 2.45) is 0 Å². The molecule has 0 aromatic heterocycles. The number of hydrogen-bond acceptors (Lipinski definition) is 4. The molecule has 0 fully saturated rings. The molecule has 106 valence electrons. The van der Waals surface area contributed by atoms with Gasteiger partial charge in [-0.05, 0) is 36.6 Å². The fourth-order valence-electron chi connectivity index (χ4n) is 2.54. The van der Waals surface area contributed by atoms with Gasteiger partial charge < -0.3 is 9.84 Å². The Kier molecular flexibility index (Phi) is 3.85. The summed E-state index contributed by atoms with van der Waals surface area (Å²) in [6, 6.07) is 5.26. The first-order valence-electron chi connectivity index (χ1n) is 6.14. The van der Waals surface area contributed by atoms with Crippen molar-refractivity contribution in [2.75, 3.05) is 19.9 Å². The van der Waals surface area contributed by atoms with E-state index in [0.717, 1.165) is 11.1 Å². The molecule has 0 saturated carbocycles. The predicted molar refractivity (Wildman–Crippen MR) is 72.7 cm³/mol. The van der Waals surface area contributed by atoms with Crippen LogP contribution in [0.25, 0.3) is 0 Å². The third kappa shape index (κ3) is 2.91. The minimum atomic E-state index is -3.32. The van der Waals surface area contributed by atoms with Crippen LogP contribution in [0.3, 0.4) is 0 Å². The average Bonchev–Trinajstić information content (AvgIpc) is 2.45. The van der Waals surface area contributed by atoms with Gasteiger partial charge in [0.15, 0.2) is 0 Å². The van der Waals surface area contributed by atoms with Gasteiger partial charge in [-0.25, -0.2) is 8.42 Å². The topological polar surface area (TPSA) is 66.8 Å². The van der Waals surface area contributed by atoms with E-state index < -0.39 is 16.1 Å². The van der Waals surface area contributed by atoms with Gasteiger partial charge in [0.05, 0.1) is 19.5 Å². The summed E-state index contributed by atoms with van der Waals surface area (Å²) in [4.78, 5) is 0. The second-order valence-electron chi connectivity index (χ2n) is 4.97. The third-order valence-corrected chi connectivity index (χ3v) is 4.86. The molecule has 19 heavy (non-hydrogen) atoms. The molecule has 0 amide bonds. The Morgan fingerprint density at radius 2 is 2.11 bits per heavy atom. The Labute approximate surface area is 113 Å². The number of ether oxygens (including phenoxy) is 1. The molecule has 0 saturated heterocycles. The monoisotopic (exact) mass is 285 g/mol. The maximum atomic E-state index is 11.8. The van der Waals surface area contributed by atoms with Crippen LogP contribution in [0.5, 0.6) is 5.75 Å². The lowest BCUT2D eigenvalue weighted by atomic mass is 9.99. The van der Waals surface area contributed by atoms with Crippen LogP contribution in [0.2, 0.25) is 0 Å². The zero-order chi connectivity index (χ0) is 14.2. The third-order valence-electron chi connectivity index (χ3n) is 3.49. The van der Waals surface area contributed by atoms with Crippen molar-refractivity contribution in [1.82, 2.24) is 4.31 Å². The lowest BCUT2D eigenvalue weighted by molar-refractivity contribution is 0.143. The second-order valence-corrected chi connectivity index (χ2v) is 6.90. The van der Waals surface area contributed by atoms with Gasteiger partial charge in [-0.15, -0.1) is 0 Å². The molecule has 1 aromatic rings. The molecule has 2 unspecified atom stereocenters. The van der Waals surface area contributed by atoms with E-state index in [1.807, 2.05) is 13.0 Å². The number of aliphatic hydroxyl groups excluding tert-OH is 1. The van der Waals surface area contributed by atoms with E-state index in [1.165, 1.54) is 10.6 Å². The van der Waals surface area contributed by atoms with Gasteiger partial charge in [-0.1, -0.05) is 6.07 Å². The molecule has 2 rings (SSSR count). The number of aliphatic hydroxyl groups is 1. The predicted octanol–water partition coefficient (Wildman–Crippen LogP) is 0.935. The van der Waals surface area contributed by atoms with Crippen molar-refractivity contribution in [3.8, 4) is 5.75 Å². The van der Waals surface area contributed by atoms with Crippen molar-refractivity contribution in [2.45, 2.75) is 25.5 Å². The number of fused-ring (bicyclic) bond motifs is 1. The lowest BCUT2D eigenvalue weighted by Crippen LogP contribution is -2.39. The Hall–Kier alpha value is -1.11. The molecule has 5 nitrogen and oxygen atoms in total. The standard InChI is InChI=1S/C13H19NO4S/c1-9-6-10-7-11(18-2)4-5-12(10)13(15)8-14(9)19(3,16)17/h4-5,7,9,13,15H,6,8H2,1-3H3. The van der Waals surface area contributed by atoms with Crippen LogP contribution in [0.15, 0.2) is 18.2 Å². The summed E-state index contributed by atoms with van der Waals surface area (Å²) in [6.07, 6.45) is 0.935. The minimum absolute atomic E-state index is 0.0966. The van der Waals surface area contributed by atoms with Gasteiger partial charge >= 0.3 is 0 Å². The number of benzene rings is 1. The molecular formula is C13H19NO4S. The molecule has 0 spiro atoms. The van der Waals surface area contributed by atoms with Crippen LogP contribution in [-0.4, -0.2) is 43.8 Å². The summed E-state index contributed by atoms with van der Waals surface area (Å²) in [6.45, 7) is 1.95. The van der Waals surface area contributed by atoms with E-state index in [-0.39, 0.29) is 12.6 Å². The fraction of sp³-hybridized carbons (Fsp3) is 0.538. The van der Waals surface area contributed by atoms with Gasteiger partial charge in [0, 0.05) is 12.6 Å². The number of β-amino-alcohol motifs (C(OH)–C–C–N with tert-alkyl or cyclic N) is 1. The van der Waals surface area contributed by atoms with Gasteiger partial charge in [0.25, 0.3) is 0 Å². The van der Waals surface area contributed by atoms with E-state index >= 15 is 0 Å². The van der Waals surface area contributed by atoms with Crippen LogP contribution >= 0.6 is 0 Å². The van der Waals surface area contributed by atoms with Crippen molar-refractivity contribution in [3.05, 3.63) is 29.3 Å². The van der Waals surface area contributed by atoms with Crippen molar-refractivity contribution >= 4 is 10.0 Å². The summed E-state index contributed by atoms with van der Waals surface area (Å²) in [7, 11) is -1.74. The number of nitrogens with zero attached hydrogens (tertiary/aromatic N) is 1. The molecule has 0 radical (unpaired) electrons. The summed E-state index contributed by atoms with van der Waals surface area (Å²) >= 11 is 0. The van der Waals surface area contributed by atoms with Gasteiger partial charge in [-0.2, -0.15) is 4.31 Å². The SMILES string of the molecule is COc1ccc2c(c1)CC(C)N(S(C)(=O)=O)CC2O. The minimum Gasteiger partial charge on any atom is -0.497 e. The largest absolute Gasteiger partial charge is 0.497 e. The van der Waals surface area contributed by atoms with Crippen LogP contribution in [0, 0.1) is 0 Å². The number of hydrogen-bond donors (Lipinski definition) is 1. The quantitative estimate of drug-likeness (QED) is 0.878. The van der Waals surface area contributed by atoms with E-state index in [9.17, 15) is 13.5 Å². The molecule has 2 atom stereocenters. The Morgan fingerprint density at radius 3 is 2.68 bits per heavy atom. The first kappa shape index (κ1) is 14.3. The molecule has 1 N–H and O–H groups in total. The molecule has 0 aliphatic carbocycles. The highest BCUT2D eigenvalue weighted by Gasteiger charge is 2.31. The smallest absolute Gasteiger partial charge is 0.211 e. The number of methoxy groups -OCH3 is 1. The van der Waals surface area contributed by atoms with E-state index in [1.54, 1.807) is 19.2 Å². The fourth-order valence-corrected chi connectivity index (χ4v) is 3.68. The zero-order valence-electron chi connectivity index (χ0n) is 11.3. The molecule has 0 bridgehead atoms. The molecule has 1 aromatic carbocycles. The maximum absolute atomic E-state index is 11.8. The Morgan fingerprint density at radius 1 is 1.42 bits per heavy atom. The van der Waals surface area contributed by atoms with Gasteiger partial charge in [0.1, 0.15) is 5.75 Å². The molecule has 6 heteroatoms. The Balaban J connectivity index is 2.42. The molecule has 1 aliphatic rings. The summed E-state index contributed by atoms with van der Waals surface area (Å²) < 4.78 is 30.0. The van der Waals surface area contributed by atoms with E-state index in [0.29, 0.717) is 12.2 Å². The van der Waals surface area contributed by atoms with Crippen molar-refractivity contribution in [3.63, 3.8) is 0 Å². The van der Waals surface area contributed by atoms with E-state index in [4.69, 9.17) is 4.74 Å². The first-order chi connectivity index (χ1) is 8.82. The average molecular weight is 285 g/mol. The highest BCUT2D eigenvalue weighted by Crippen LogP contribution is 2.30. The lowest BCUT2D eigenvalue weighted by Gasteiger charge is -2.25. The highest BCUT2D eigenvalue weighted by molar-refractivity contribution is 7.88. The second kappa shape index (κ2) is 5.11.